The number of carbonyl (C=O) groups excluding carboxylic acids is 2. The largest absolute Gasteiger partial charge is 0.390 e. The second-order valence-electron chi connectivity index (χ2n) is 7.70. The number of aliphatic hydroxyl groups is 1. The van der Waals surface area contributed by atoms with Crippen LogP contribution in [0.4, 0.5) is 0 Å². The third-order valence-electron chi connectivity index (χ3n) is 4.78. The van der Waals surface area contributed by atoms with Crippen LogP contribution < -0.4 is 0 Å². The first-order chi connectivity index (χ1) is 11.7. The summed E-state index contributed by atoms with van der Waals surface area (Å²) in [6.07, 6.45) is 2.00. The number of hydrogen-bond acceptors (Lipinski definition) is 3. The van der Waals surface area contributed by atoms with Crippen molar-refractivity contribution in [2.24, 2.45) is 5.92 Å². The highest BCUT2D eigenvalue weighted by Crippen LogP contribution is 2.19. The van der Waals surface area contributed by atoms with Crippen LogP contribution in [-0.4, -0.2) is 59.0 Å². The molecule has 2 rings (SSSR count). The van der Waals surface area contributed by atoms with E-state index in [2.05, 4.69) is 0 Å². The zero-order valence-corrected chi connectivity index (χ0v) is 15.8. The van der Waals surface area contributed by atoms with E-state index in [0.29, 0.717) is 24.9 Å². The summed E-state index contributed by atoms with van der Waals surface area (Å²) >= 11 is 0. The maximum atomic E-state index is 12.6. The molecule has 0 radical (unpaired) electrons. The summed E-state index contributed by atoms with van der Waals surface area (Å²) in [5.74, 6) is 0.383. The molecular formula is C20H30N2O3. The van der Waals surface area contributed by atoms with E-state index < -0.39 is 5.60 Å². The monoisotopic (exact) mass is 346 g/mol. The first-order valence-electron chi connectivity index (χ1n) is 9.04. The van der Waals surface area contributed by atoms with Crippen molar-refractivity contribution >= 4 is 11.8 Å². The zero-order chi connectivity index (χ0) is 18.6. The van der Waals surface area contributed by atoms with Crippen LogP contribution in [0.5, 0.6) is 0 Å². The first-order valence-corrected chi connectivity index (χ1v) is 9.04. The molecule has 1 aliphatic heterocycles. The molecule has 0 aliphatic carbocycles. The van der Waals surface area contributed by atoms with Crippen molar-refractivity contribution < 1.29 is 14.7 Å². The van der Waals surface area contributed by atoms with Gasteiger partial charge in [-0.2, -0.15) is 0 Å². The maximum absolute atomic E-state index is 12.6. The van der Waals surface area contributed by atoms with E-state index in [1.165, 1.54) is 0 Å². The fourth-order valence-corrected chi connectivity index (χ4v) is 3.24. The molecule has 1 fully saturated rings. The minimum Gasteiger partial charge on any atom is -0.390 e. The Bertz CT molecular complexity index is 604. The van der Waals surface area contributed by atoms with Gasteiger partial charge in [0.25, 0.3) is 5.91 Å². The lowest BCUT2D eigenvalue weighted by Crippen LogP contribution is -2.33. The van der Waals surface area contributed by atoms with Crippen LogP contribution >= 0.6 is 0 Å². The van der Waals surface area contributed by atoms with Crippen LogP contribution in [0.2, 0.25) is 0 Å². The highest BCUT2D eigenvalue weighted by atomic mass is 16.3. The number of nitrogens with zero attached hydrogens (tertiary/aromatic N) is 2. The van der Waals surface area contributed by atoms with E-state index in [0.717, 1.165) is 25.1 Å². The van der Waals surface area contributed by atoms with Crippen LogP contribution in [0.25, 0.3) is 0 Å². The second kappa shape index (κ2) is 8.00. The molecule has 1 heterocycles. The Balaban J connectivity index is 1.90. The summed E-state index contributed by atoms with van der Waals surface area (Å²) in [6, 6.07) is 7.59. The average molecular weight is 346 g/mol. The molecule has 1 atom stereocenters. The van der Waals surface area contributed by atoms with Gasteiger partial charge in [0.15, 0.2) is 0 Å². The van der Waals surface area contributed by atoms with Crippen molar-refractivity contribution in [3.8, 4) is 0 Å². The van der Waals surface area contributed by atoms with E-state index in [-0.39, 0.29) is 17.7 Å². The van der Waals surface area contributed by atoms with E-state index in [1.807, 2.05) is 36.1 Å². The molecule has 5 heteroatoms. The summed E-state index contributed by atoms with van der Waals surface area (Å²) in [5, 5.41) is 9.80. The molecule has 0 bridgehead atoms. The molecular weight excluding hydrogens is 316 g/mol. The average Bonchev–Trinajstić information content (AvgIpc) is 2.91. The molecule has 138 valence electrons. The highest BCUT2D eigenvalue weighted by Gasteiger charge is 2.30. The van der Waals surface area contributed by atoms with Crippen LogP contribution in [0.15, 0.2) is 24.3 Å². The number of carbonyl (C=O) groups is 2. The molecule has 25 heavy (non-hydrogen) atoms. The van der Waals surface area contributed by atoms with Crippen LogP contribution in [0.1, 0.15) is 49.5 Å². The maximum Gasteiger partial charge on any atom is 0.253 e. The Morgan fingerprint density at radius 3 is 2.48 bits per heavy atom. The minimum absolute atomic E-state index is 0.0172. The molecule has 0 spiro atoms. The van der Waals surface area contributed by atoms with Crippen molar-refractivity contribution in [2.45, 2.75) is 45.6 Å². The summed E-state index contributed by atoms with van der Waals surface area (Å²) in [7, 11) is 1.80. The fourth-order valence-electron chi connectivity index (χ4n) is 3.24. The molecule has 0 unspecified atom stereocenters. The van der Waals surface area contributed by atoms with Crippen molar-refractivity contribution in [3.05, 3.63) is 35.4 Å². The van der Waals surface area contributed by atoms with Crippen LogP contribution in [0, 0.1) is 5.92 Å². The van der Waals surface area contributed by atoms with Crippen LogP contribution in [0.3, 0.4) is 0 Å². The van der Waals surface area contributed by atoms with Gasteiger partial charge < -0.3 is 14.9 Å². The standard InChI is InChI=1S/C20H30N2O3/c1-5-22-14-16(12-18(22)23)13-21(4)19(24)17-8-6-15(7-9-17)10-11-20(2,3)25/h6-9,16,25H,5,10-14H2,1-4H3/t16-/m0/s1. The quantitative estimate of drug-likeness (QED) is 0.824. The third-order valence-corrected chi connectivity index (χ3v) is 4.78. The van der Waals surface area contributed by atoms with Gasteiger partial charge in [-0.3, -0.25) is 9.59 Å². The SMILES string of the molecule is CCN1C[C@H](CN(C)C(=O)c2ccc(CCC(C)(C)O)cc2)CC1=O. The van der Waals surface area contributed by atoms with E-state index >= 15 is 0 Å². The summed E-state index contributed by atoms with van der Waals surface area (Å²) in [4.78, 5) is 28.0. The lowest BCUT2D eigenvalue weighted by atomic mass is 9.98. The Hall–Kier alpha value is -1.88. The minimum atomic E-state index is -0.681. The molecule has 1 saturated heterocycles. The van der Waals surface area contributed by atoms with Gasteiger partial charge in [-0.25, -0.2) is 0 Å². The molecule has 1 aromatic carbocycles. The normalized spacial score (nSPS) is 17.9. The molecule has 2 amide bonds. The molecule has 1 aromatic rings. The van der Waals surface area contributed by atoms with Gasteiger partial charge >= 0.3 is 0 Å². The molecule has 0 aromatic heterocycles. The van der Waals surface area contributed by atoms with Gasteiger partial charge in [-0.1, -0.05) is 12.1 Å². The van der Waals surface area contributed by atoms with Gasteiger partial charge in [0.1, 0.15) is 0 Å². The van der Waals surface area contributed by atoms with Gasteiger partial charge in [0, 0.05) is 44.6 Å². The van der Waals surface area contributed by atoms with E-state index in [9.17, 15) is 14.7 Å². The predicted molar refractivity (Wildman–Crippen MR) is 98.4 cm³/mol. The highest BCUT2D eigenvalue weighted by molar-refractivity contribution is 5.94. The van der Waals surface area contributed by atoms with Crippen molar-refractivity contribution in [1.82, 2.24) is 9.80 Å². The number of aryl methyl sites for hydroxylation is 1. The Morgan fingerprint density at radius 2 is 1.96 bits per heavy atom. The Labute approximate surface area is 150 Å². The number of rotatable bonds is 7. The summed E-state index contributed by atoms with van der Waals surface area (Å²) < 4.78 is 0. The topological polar surface area (TPSA) is 60.9 Å². The van der Waals surface area contributed by atoms with E-state index in [1.54, 1.807) is 25.8 Å². The van der Waals surface area contributed by atoms with Crippen LogP contribution in [-0.2, 0) is 11.2 Å². The summed E-state index contributed by atoms with van der Waals surface area (Å²) in [6.45, 7) is 7.65. The third kappa shape index (κ3) is 5.56. The smallest absolute Gasteiger partial charge is 0.253 e. The summed E-state index contributed by atoms with van der Waals surface area (Å²) in [5.41, 5.74) is 1.09. The predicted octanol–water partition coefficient (Wildman–Crippen LogP) is 2.33. The van der Waals surface area contributed by atoms with Gasteiger partial charge in [0.2, 0.25) is 5.91 Å². The van der Waals surface area contributed by atoms with Crippen molar-refractivity contribution in [2.75, 3.05) is 26.7 Å². The number of benzene rings is 1. The zero-order valence-electron chi connectivity index (χ0n) is 15.8. The van der Waals surface area contributed by atoms with Gasteiger partial charge in [0.05, 0.1) is 5.60 Å². The Kier molecular flexibility index (Phi) is 6.22. The lowest BCUT2D eigenvalue weighted by Gasteiger charge is -2.21. The number of hydrogen-bond donors (Lipinski definition) is 1. The van der Waals surface area contributed by atoms with Gasteiger partial charge in [-0.05, 0) is 51.3 Å². The van der Waals surface area contributed by atoms with E-state index in [4.69, 9.17) is 0 Å². The molecule has 1 aliphatic rings. The van der Waals surface area contributed by atoms with Crippen molar-refractivity contribution in [1.29, 1.82) is 0 Å². The number of likely N-dealkylation sites (tertiary alicyclic amines) is 1. The number of amides is 2. The second-order valence-corrected chi connectivity index (χ2v) is 7.70. The van der Waals surface area contributed by atoms with Gasteiger partial charge in [-0.15, -0.1) is 0 Å². The Morgan fingerprint density at radius 1 is 1.32 bits per heavy atom. The molecule has 1 N–H and O–H groups in total. The van der Waals surface area contributed by atoms with Crippen molar-refractivity contribution in [3.63, 3.8) is 0 Å². The lowest BCUT2D eigenvalue weighted by molar-refractivity contribution is -0.127. The first kappa shape index (κ1) is 19.4. The molecule has 0 saturated carbocycles. The molecule has 5 nitrogen and oxygen atoms in total. The fraction of sp³-hybridized carbons (Fsp3) is 0.600.